The molecule has 0 radical (unpaired) electrons. The van der Waals surface area contributed by atoms with Gasteiger partial charge in [0.15, 0.2) is 0 Å². The Morgan fingerprint density at radius 2 is 1.81 bits per heavy atom. The van der Waals surface area contributed by atoms with Crippen molar-refractivity contribution in [3.8, 4) is 0 Å². The van der Waals surface area contributed by atoms with Crippen molar-refractivity contribution in [3.63, 3.8) is 0 Å². The molecule has 1 fully saturated rings. The van der Waals surface area contributed by atoms with Gasteiger partial charge in [0.25, 0.3) is 15.9 Å². The lowest BCUT2D eigenvalue weighted by molar-refractivity contribution is 0.0656. The number of carbonyl (C=O) groups excluding carboxylic acids is 1. The molecular weight excluding hydrogens is 357 g/mol. The van der Waals surface area contributed by atoms with Crippen LogP contribution in [0.1, 0.15) is 17.3 Å². The first kappa shape index (κ1) is 18.3. The van der Waals surface area contributed by atoms with Crippen molar-refractivity contribution in [1.82, 2.24) is 10.2 Å². The van der Waals surface area contributed by atoms with E-state index in [1.807, 2.05) is 6.92 Å². The average molecular weight is 377 g/mol. The van der Waals surface area contributed by atoms with Crippen molar-refractivity contribution in [1.29, 1.82) is 0 Å². The molecule has 1 aliphatic heterocycles. The Labute approximate surface area is 152 Å². The van der Waals surface area contributed by atoms with Crippen molar-refractivity contribution < 1.29 is 17.6 Å². The van der Waals surface area contributed by atoms with Crippen LogP contribution in [0.25, 0.3) is 0 Å². The lowest BCUT2D eigenvalue weighted by atomic mass is 10.1. The molecule has 1 amide bonds. The van der Waals surface area contributed by atoms with Crippen LogP contribution >= 0.6 is 0 Å². The molecule has 2 N–H and O–H groups in total. The monoisotopic (exact) mass is 377 g/mol. The van der Waals surface area contributed by atoms with Crippen molar-refractivity contribution in [3.05, 3.63) is 59.9 Å². The highest BCUT2D eigenvalue weighted by Crippen LogP contribution is 2.18. The maximum atomic E-state index is 12.9. The van der Waals surface area contributed by atoms with Crippen LogP contribution in [0.15, 0.2) is 53.4 Å². The topological polar surface area (TPSA) is 78.5 Å². The lowest BCUT2D eigenvalue weighted by Crippen LogP contribution is -2.52. The SMILES string of the molecule is C[C@H]1CNCCN1C(=O)c1ccc(NS(=O)(=O)c2ccc(F)cc2)cc1. The molecule has 138 valence electrons. The zero-order valence-electron chi connectivity index (χ0n) is 14.3. The van der Waals surface area contributed by atoms with Crippen LogP contribution < -0.4 is 10.0 Å². The van der Waals surface area contributed by atoms with Gasteiger partial charge in [-0.1, -0.05) is 0 Å². The predicted molar refractivity (Wildman–Crippen MR) is 97.0 cm³/mol. The molecule has 0 unspecified atom stereocenters. The minimum absolute atomic E-state index is 0.0336. The summed E-state index contributed by atoms with van der Waals surface area (Å²) < 4.78 is 40.0. The largest absolute Gasteiger partial charge is 0.333 e. The predicted octanol–water partition coefficient (Wildman–Crippen LogP) is 2.06. The molecule has 0 aliphatic carbocycles. The molecule has 8 heteroatoms. The summed E-state index contributed by atoms with van der Waals surface area (Å²) in [5, 5.41) is 3.23. The van der Waals surface area contributed by atoms with E-state index in [9.17, 15) is 17.6 Å². The van der Waals surface area contributed by atoms with E-state index in [2.05, 4.69) is 10.0 Å². The van der Waals surface area contributed by atoms with E-state index in [1.54, 1.807) is 29.2 Å². The van der Waals surface area contributed by atoms with Gasteiger partial charge in [-0.25, -0.2) is 12.8 Å². The molecule has 0 spiro atoms. The van der Waals surface area contributed by atoms with E-state index in [4.69, 9.17) is 0 Å². The summed E-state index contributed by atoms with van der Waals surface area (Å²) in [4.78, 5) is 14.4. The fourth-order valence-electron chi connectivity index (χ4n) is 2.82. The number of hydrogen-bond acceptors (Lipinski definition) is 4. The van der Waals surface area contributed by atoms with Crippen LogP contribution in [0, 0.1) is 5.82 Å². The number of rotatable bonds is 4. The first-order chi connectivity index (χ1) is 12.4. The number of carbonyl (C=O) groups is 1. The van der Waals surface area contributed by atoms with E-state index >= 15 is 0 Å². The number of sulfonamides is 1. The molecule has 3 rings (SSSR count). The first-order valence-electron chi connectivity index (χ1n) is 8.27. The third-order valence-electron chi connectivity index (χ3n) is 4.27. The number of halogens is 1. The van der Waals surface area contributed by atoms with Gasteiger partial charge in [0.05, 0.1) is 4.90 Å². The Bertz CT molecular complexity index is 883. The summed E-state index contributed by atoms with van der Waals surface area (Å²) in [7, 11) is -3.81. The van der Waals surface area contributed by atoms with Crippen molar-refractivity contribution in [2.75, 3.05) is 24.4 Å². The van der Waals surface area contributed by atoms with Gasteiger partial charge < -0.3 is 10.2 Å². The summed E-state index contributed by atoms with van der Waals surface area (Å²) in [6.45, 7) is 4.13. The molecule has 1 heterocycles. The van der Waals surface area contributed by atoms with Crippen LogP contribution in [-0.2, 0) is 10.0 Å². The molecule has 2 aromatic carbocycles. The number of nitrogens with zero attached hydrogens (tertiary/aromatic N) is 1. The second-order valence-corrected chi connectivity index (χ2v) is 7.87. The van der Waals surface area contributed by atoms with Gasteiger partial charge in [-0.15, -0.1) is 0 Å². The third kappa shape index (κ3) is 4.03. The van der Waals surface area contributed by atoms with Gasteiger partial charge in [0.2, 0.25) is 0 Å². The standard InChI is InChI=1S/C18H20FN3O3S/c1-13-12-20-10-11-22(13)18(23)14-2-6-16(7-3-14)21-26(24,25)17-8-4-15(19)5-9-17/h2-9,13,20-21H,10-12H2,1H3/t13-/m0/s1. The van der Waals surface area contributed by atoms with Crippen LogP contribution in [0.2, 0.25) is 0 Å². The Balaban J connectivity index is 1.73. The summed E-state index contributed by atoms with van der Waals surface area (Å²) in [6, 6.07) is 11.0. The number of anilines is 1. The molecule has 0 saturated carbocycles. The number of piperazine rings is 1. The molecule has 6 nitrogen and oxygen atoms in total. The fraction of sp³-hybridized carbons (Fsp3) is 0.278. The van der Waals surface area contributed by atoms with Gasteiger partial charge in [-0.05, 0) is 55.5 Å². The zero-order chi connectivity index (χ0) is 18.7. The van der Waals surface area contributed by atoms with Crippen LogP contribution in [0.4, 0.5) is 10.1 Å². The smallest absolute Gasteiger partial charge is 0.261 e. The Hall–Kier alpha value is -2.45. The normalized spacial score (nSPS) is 17.8. The summed E-state index contributed by atoms with van der Waals surface area (Å²) in [5.41, 5.74) is 0.836. The minimum Gasteiger partial charge on any atom is -0.333 e. The van der Waals surface area contributed by atoms with E-state index < -0.39 is 15.8 Å². The summed E-state index contributed by atoms with van der Waals surface area (Å²) in [6.07, 6.45) is 0. The van der Waals surface area contributed by atoms with Crippen molar-refractivity contribution in [2.45, 2.75) is 17.9 Å². The molecule has 0 aromatic heterocycles. The van der Waals surface area contributed by atoms with Gasteiger partial charge in [0, 0.05) is 36.9 Å². The van der Waals surface area contributed by atoms with Crippen molar-refractivity contribution >= 4 is 21.6 Å². The maximum absolute atomic E-state index is 12.9. The van der Waals surface area contributed by atoms with Gasteiger partial charge in [-0.3, -0.25) is 9.52 Å². The Morgan fingerprint density at radius 1 is 1.15 bits per heavy atom. The van der Waals surface area contributed by atoms with Gasteiger partial charge in [0.1, 0.15) is 5.82 Å². The van der Waals surface area contributed by atoms with E-state index in [-0.39, 0.29) is 16.8 Å². The number of benzene rings is 2. The molecule has 2 aromatic rings. The first-order valence-corrected chi connectivity index (χ1v) is 9.75. The summed E-state index contributed by atoms with van der Waals surface area (Å²) in [5.74, 6) is -0.583. The molecule has 26 heavy (non-hydrogen) atoms. The average Bonchev–Trinajstić information content (AvgIpc) is 2.62. The van der Waals surface area contributed by atoms with E-state index in [1.165, 1.54) is 12.1 Å². The van der Waals surface area contributed by atoms with E-state index in [0.717, 1.165) is 25.2 Å². The Kier molecular flexibility index (Phi) is 5.24. The highest BCUT2D eigenvalue weighted by Gasteiger charge is 2.24. The molecule has 1 aliphatic rings. The highest BCUT2D eigenvalue weighted by molar-refractivity contribution is 7.92. The van der Waals surface area contributed by atoms with Gasteiger partial charge in [-0.2, -0.15) is 0 Å². The van der Waals surface area contributed by atoms with Crippen LogP contribution in [0.3, 0.4) is 0 Å². The van der Waals surface area contributed by atoms with Crippen LogP contribution in [-0.4, -0.2) is 44.9 Å². The van der Waals surface area contributed by atoms with E-state index in [0.29, 0.717) is 17.8 Å². The molecule has 1 saturated heterocycles. The number of nitrogens with one attached hydrogen (secondary N) is 2. The quantitative estimate of drug-likeness (QED) is 0.855. The van der Waals surface area contributed by atoms with Crippen molar-refractivity contribution in [2.24, 2.45) is 0 Å². The molecular formula is C18H20FN3O3S. The second kappa shape index (κ2) is 7.43. The fourth-order valence-corrected chi connectivity index (χ4v) is 3.88. The third-order valence-corrected chi connectivity index (χ3v) is 5.67. The van der Waals surface area contributed by atoms with Crippen LogP contribution in [0.5, 0.6) is 0 Å². The number of hydrogen-bond donors (Lipinski definition) is 2. The molecule has 1 atom stereocenters. The maximum Gasteiger partial charge on any atom is 0.261 e. The molecule has 0 bridgehead atoms. The summed E-state index contributed by atoms with van der Waals surface area (Å²) >= 11 is 0. The number of amides is 1. The lowest BCUT2D eigenvalue weighted by Gasteiger charge is -2.34. The second-order valence-electron chi connectivity index (χ2n) is 6.19. The highest BCUT2D eigenvalue weighted by atomic mass is 32.2. The zero-order valence-corrected chi connectivity index (χ0v) is 15.1. The van der Waals surface area contributed by atoms with Gasteiger partial charge >= 0.3 is 0 Å². The Morgan fingerprint density at radius 3 is 2.42 bits per heavy atom. The minimum atomic E-state index is -3.81.